The van der Waals surface area contributed by atoms with E-state index in [1.165, 1.54) is 0 Å². The molecular formula is C16H17O4P. The predicted molar refractivity (Wildman–Crippen MR) is 84.8 cm³/mol. The standard InChI is InChI=1S/C16H17O4P/c1-18-12-9-13(19-2)15(14(10-12)20-3)21-16(17)11-7-5-4-6-8-11/h4-10,21H,1-3H3. The van der Waals surface area contributed by atoms with Crippen LogP contribution < -0.4 is 19.5 Å². The molecule has 0 fully saturated rings. The number of hydrogen-bond donors (Lipinski definition) is 0. The van der Waals surface area contributed by atoms with Crippen molar-refractivity contribution < 1.29 is 19.0 Å². The zero-order valence-electron chi connectivity index (χ0n) is 12.2. The third-order valence-electron chi connectivity index (χ3n) is 2.99. The SMILES string of the molecule is COc1cc(OC)c(PC(=O)c2ccccc2)c(OC)c1. The van der Waals surface area contributed by atoms with E-state index < -0.39 is 0 Å². The van der Waals surface area contributed by atoms with Gasteiger partial charge in [-0.25, -0.2) is 0 Å². The summed E-state index contributed by atoms with van der Waals surface area (Å²) in [6, 6.07) is 12.7. The van der Waals surface area contributed by atoms with Crippen molar-refractivity contribution in [2.45, 2.75) is 0 Å². The van der Waals surface area contributed by atoms with Gasteiger partial charge in [-0.2, -0.15) is 0 Å². The van der Waals surface area contributed by atoms with Gasteiger partial charge in [0.1, 0.15) is 17.2 Å². The van der Waals surface area contributed by atoms with Crippen molar-refractivity contribution in [1.29, 1.82) is 0 Å². The number of benzene rings is 2. The molecule has 5 heteroatoms. The highest BCUT2D eigenvalue weighted by atomic mass is 31.1. The van der Waals surface area contributed by atoms with Crippen molar-refractivity contribution in [3.05, 3.63) is 48.0 Å². The molecule has 2 aromatic rings. The second kappa shape index (κ2) is 7.09. The molecule has 0 aliphatic carbocycles. The average molecular weight is 304 g/mol. The lowest BCUT2D eigenvalue weighted by atomic mass is 10.2. The second-order valence-electron chi connectivity index (χ2n) is 4.23. The Morgan fingerprint density at radius 1 is 0.905 bits per heavy atom. The smallest absolute Gasteiger partial charge is 0.185 e. The lowest BCUT2D eigenvalue weighted by Gasteiger charge is -2.14. The highest BCUT2D eigenvalue weighted by molar-refractivity contribution is 7.66. The summed E-state index contributed by atoms with van der Waals surface area (Å²) in [6.07, 6.45) is 0. The van der Waals surface area contributed by atoms with Gasteiger partial charge < -0.3 is 14.2 Å². The van der Waals surface area contributed by atoms with Crippen molar-refractivity contribution in [3.63, 3.8) is 0 Å². The van der Waals surface area contributed by atoms with E-state index in [-0.39, 0.29) is 14.1 Å². The summed E-state index contributed by atoms with van der Waals surface area (Å²) in [4.78, 5) is 12.4. The van der Waals surface area contributed by atoms with E-state index in [0.29, 0.717) is 22.8 Å². The summed E-state index contributed by atoms with van der Waals surface area (Å²) in [7, 11) is 4.62. The average Bonchev–Trinajstić information content (AvgIpc) is 2.55. The third-order valence-corrected chi connectivity index (χ3v) is 4.25. The van der Waals surface area contributed by atoms with Gasteiger partial charge in [-0.1, -0.05) is 30.3 Å². The van der Waals surface area contributed by atoms with Gasteiger partial charge in [0.25, 0.3) is 0 Å². The van der Waals surface area contributed by atoms with Crippen LogP contribution in [-0.2, 0) is 0 Å². The molecule has 0 saturated carbocycles. The Kier molecular flexibility index (Phi) is 5.18. The number of carbonyl (C=O) groups is 1. The van der Waals surface area contributed by atoms with Gasteiger partial charge in [-0.15, -0.1) is 0 Å². The molecule has 1 atom stereocenters. The van der Waals surface area contributed by atoms with Crippen LogP contribution in [0.15, 0.2) is 42.5 Å². The van der Waals surface area contributed by atoms with Gasteiger partial charge >= 0.3 is 0 Å². The van der Waals surface area contributed by atoms with Crippen molar-refractivity contribution in [2.24, 2.45) is 0 Å². The molecule has 0 bridgehead atoms. The van der Waals surface area contributed by atoms with E-state index in [1.54, 1.807) is 45.6 Å². The van der Waals surface area contributed by atoms with Crippen LogP contribution in [0.3, 0.4) is 0 Å². The molecule has 0 aliphatic heterocycles. The summed E-state index contributed by atoms with van der Waals surface area (Å²) < 4.78 is 15.9. The first-order chi connectivity index (χ1) is 10.2. The van der Waals surface area contributed by atoms with E-state index in [4.69, 9.17) is 14.2 Å². The van der Waals surface area contributed by atoms with Gasteiger partial charge in [0.2, 0.25) is 0 Å². The van der Waals surface area contributed by atoms with Crippen molar-refractivity contribution in [3.8, 4) is 17.2 Å². The molecule has 2 rings (SSSR count). The summed E-state index contributed by atoms with van der Waals surface area (Å²) in [5.41, 5.74) is 0.716. The van der Waals surface area contributed by atoms with Crippen molar-refractivity contribution in [2.75, 3.05) is 21.3 Å². The van der Waals surface area contributed by atoms with E-state index in [2.05, 4.69) is 0 Å². The molecule has 0 saturated heterocycles. The number of methoxy groups -OCH3 is 3. The first-order valence-corrected chi connectivity index (χ1v) is 7.36. The van der Waals surface area contributed by atoms with Crippen LogP contribution in [0.25, 0.3) is 0 Å². The fourth-order valence-corrected chi connectivity index (χ4v) is 3.04. The van der Waals surface area contributed by atoms with Crippen LogP contribution in [0.4, 0.5) is 0 Å². The quantitative estimate of drug-likeness (QED) is 0.770. The molecule has 4 nitrogen and oxygen atoms in total. The van der Waals surface area contributed by atoms with Gasteiger partial charge in [0.15, 0.2) is 5.52 Å². The minimum atomic E-state index is -0.0797. The molecule has 21 heavy (non-hydrogen) atoms. The second-order valence-corrected chi connectivity index (χ2v) is 5.43. The fraction of sp³-hybridized carbons (Fsp3) is 0.188. The molecule has 0 spiro atoms. The molecule has 0 amide bonds. The van der Waals surface area contributed by atoms with Crippen LogP contribution in [0, 0.1) is 0 Å². The zero-order chi connectivity index (χ0) is 15.2. The van der Waals surface area contributed by atoms with Crippen LogP contribution in [0.1, 0.15) is 10.4 Å². The molecule has 0 heterocycles. The fourth-order valence-electron chi connectivity index (χ4n) is 1.90. The van der Waals surface area contributed by atoms with Crippen LogP contribution in [-0.4, -0.2) is 26.9 Å². The van der Waals surface area contributed by atoms with E-state index in [0.717, 1.165) is 5.30 Å². The molecule has 110 valence electrons. The van der Waals surface area contributed by atoms with E-state index in [1.807, 2.05) is 18.2 Å². The Labute approximate surface area is 125 Å². The van der Waals surface area contributed by atoms with Gasteiger partial charge in [0.05, 0.1) is 26.6 Å². The Morgan fingerprint density at radius 2 is 1.48 bits per heavy atom. The third kappa shape index (κ3) is 3.53. The number of carbonyl (C=O) groups excluding carboxylic acids is 1. The number of ether oxygens (including phenoxy) is 3. The highest BCUT2D eigenvalue weighted by Gasteiger charge is 2.17. The summed E-state index contributed by atoms with van der Waals surface area (Å²) in [5, 5.41) is 0.745. The summed E-state index contributed by atoms with van der Waals surface area (Å²) >= 11 is 0. The minimum absolute atomic E-state index is 0.0392. The highest BCUT2D eigenvalue weighted by Crippen LogP contribution is 2.33. The maximum atomic E-state index is 12.4. The molecule has 2 aromatic carbocycles. The lowest BCUT2D eigenvalue weighted by Crippen LogP contribution is -2.09. The molecular weight excluding hydrogens is 287 g/mol. The molecule has 0 aromatic heterocycles. The van der Waals surface area contributed by atoms with Gasteiger partial charge in [-0.05, 0) is 8.58 Å². The maximum Gasteiger partial charge on any atom is 0.185 e. The first-order valence-electron chi connectivity index (χ1n) is 6.36. The molecule has 0 N–H and O–H groups in total. The maximum absolute atomic E-state index is 12.4. The zero-order valence-corrected chi connectivity index (χ0v) is 13.2. The Balaban J connectivity index is 2.36. The van der Waals surface area contributed by atoms with Crippen molar-refractivity contribution >= 4 is 19.4 Å². The molecule has 0 aliphatic rings. The Hall–Kier alpha value is -2.06. The normalized spacial score (nSPS) is 10.6. The van der Waals surface area contributed by atoms with Crippen LogP contribution in [0.5, 0.6) is 17.2 Å². The number of hydrogen-bond acceptors (Lipinski definition) is 4. The van der Waals surface area contributed by atoms with Gasteiger partial charge in [-0.3, -0.25) is 4.79 Å². The summed E-state index contributed by atoms with van der Waals surface area (Å²) in [6.45, 7) is 0. The minimum Gasteiger partial charge on any atom is -0.496 e. The molecule has 1 unspecified atom stereocenters. The predicted octanol–water partition coefficient (Wildman–Crippen LogP) is 2.86. The van der Waals surface area contributed by atoms with Gasteiger partial charge in [0, 0.05) is 17.7 Å². The first kappa shape index (κ1) is 15.3. The lowest BCUT2D eigenvalue weighted by molar-refractivity contribution is 0.108. The molecule has 0 radical (unpaired) electrons. The monoisotopic (exact) mass is 304 g/mol. The topological polar surface area (TPSA) is 44.8 Å². The van der Waals surface area contributed by atoms with Crippen LogP contribution >= 0.6 is 8.58 Å². The number of rotatable bonds is 6. The van der Waals surface area contributed by atoms with E-state index >= 15 is 0 Å². The Morgan fingerprint density at radius 3 is 1.95 bits per heavy atom. The summed E-state index contributed by atoms with van der Waals surface area (Å²) in [5.74, 6) is 1.81. The van der Waals surface area contributed by atoms with Crippen molar-refractivity contribution in [1.82, 2.24) is 0 Å². The largest absolute Gasteiger partial charge is 0.496 e. The van der Waals surface area contributed by atoms with E-state index in [9.17, 15) is 4.79 Å². The Bertz CT molecular complexity index is 600. The van der Waals surface area contributed by atoms with Crippen LogP contribution in [0.2, 0.25) is 0 Å².